The quantitative estimate of drug-likeness (QED) is 0.294. The van der Waals surface area contributed by atoms with Crippen LogP contribution < -0.4 is 10.6 Å². The van der Waals surface area contributed by atoms with Crippen molar-refractivity contribution < 1.29 is 9.18 Å². The number of aromatic amines is 1. The predicted octanol–water partition coefficient (Wildman–Crippen LogP) is 5.48. The van der Waals surface area contributed by atoms with Gasteiger partial charge in [0.1, 0.15) is 5.82 Å². The minimum Gasteiger partial charge on any atom is -0.355 e. The van der Waals surface area contributed by atoms with Crippen molar-refractivity contribution in [3.05, 3.63) is 96.2 Å². The topological polar surface area (TPSA) is 101 Å². The third-order valence-corrected chi connectivity index (χ3v) is 5.45. The van der Waals surface area contributed by atoms with Crippen LogP contribution in [0.1, 0.15) is 28.9 Å². The molecule has 0 fully saturated rings. The molecule has 9 heteroatoms. The summed E-state index contributed by atoms with van der Waals surface area (Å²) in [5.74, 6) is -0.784. The Kier molecular flexibility index (Phi) is 6.04. The number of anilines is 3. The molecule has 3 aromatic heterocycles. The van der Waals surface area contributed by atoms with Gasteiger partial charge in [0.15, 0.2) is 5.82 Å². The molecule has 0 aliphatic heterocycles. The molecule has 0 spiro atoms. The fraction of sp³-hybridized carbons (Fsp3) is 0.0769. The predicted molar refractivity (Wildman–Crippen MR) is 135 cm³/mol. The number of pyridine rings is 1. The third-order valence-electron chi connectivity index (χ3n) is 5.45. The van der Waals surface area contributed by atoms with Crippen molar-refractivity contribution >= 4 is 46.0 Å². The van der Waals surface area contributed by atoms with Gasteiger partial charge in [-0.25, -0.2) is 9.37 Å². The SMILES string of the molecule is CCn1ccnc1C(=O)Nc1cc(Nc2ccc3c(/C=C/c4ccccn4)n[nH]c3c2)ccc1F. The van der Waals surface area contributed by atoms with E-state index in [1.807, 2.05) is 55.5 Å². The molecule has 8 nitrogen and oxygen atoms in total. The van der Waals surface area contributed by atoms with E-state index in [0.29, 0.717) is 12.2 Å². The van der Waals surface area contributed by atoms with Gasteiger partial charge in [-0.1, -0.05) is 6.07 Å². The number of aromatic nitrogens is 5. The van der Waals surface area contributed by atoms with Gasteiger partial charge < -0.3 is 15.2 Å². The summed E-state index contributed by atoms with van der Waals surface area (Å²) in [6.45, 7) is 2.49. The molecule has 3 heterocycles. The van der Waals surface area contributed by atoms with Crippen LogP contribution in [0.15, 0.2) is 73.2 Å². The Balaban J connectivity index is 1.33. The number of H-pyrrole nitrogens is 1. The van der Waals surface area contributed by atoms with Gasteiger partial charge in [0, 0.05) is 41.9 Å². The third kappa shape index (κ3) is 4.79. The maximum Gasteiger partial charge on any atom is 0.291 e. The minimum atomic E-state index is -0.535. The zero-order valence-corrected chi connectivity index (χ0v) is 18.9. The zero-order chi connectivity index (χ0) is 24.2. The molecule has 2 aromatic carbocycles. The van der Waals surface area contributed by atoms with Crippen molar-refractivity contribution in [2.75, 3.05) is 10.6 Å². The highest BCUT2D eigenvalue weighted by Gasteiger charge is 2.15. The Morgan fingerprint density at radius 2 is 1.91 bits per heavy atom. The number of amides is 1. The number of rotatable bonds is 7. The van der Waals surface area contributed by atoms with Gasteiger partial charge in [0.05, 0.1) is 22.6 Å². The molecule has 3 N–H and O–H groups in total. The molecule has 0 atom stereocenters. The van der Waals surface area contributed by atoms with Gasteiger partial charge in [-0.15, -0.1) is 0 Å². The van der Waals surface area contributed by atoms with Crippen LogP contribution in [0.5, 0.6) is 0 Å². The van der Waals surface area contributed by atoms with E-state index in [1.165, 1.54) is 12.3 Å². The van der Waals surface area contributed by atoms with E-state index in [1.54, 1.807) is 29.1 Å². The van der Waals surface area contributed by atoms with Crippen molar-refractivity contribution in [1.29, 1.82) is 0 Å². The number of fused-ring (bicyclic) bond motifs is 1. The van der Waals surface area contributed by atoms with Gasteiger partial charge in [-0.05, 0) is 67.6 Å². The second-order valence-corrected chi connectivity index (χ2v) is 7.77. The zero-order valence-electron chi connectivity index (χ0n) is 18.9. The summed E-state index contributed by atoms with van der Waals surface area (Å²) in [5, 5.41) is 14.2. The highest BCUT2D eigenvalue weighted by Crippen LogP contribution is 2.27. The highest BCUT2D eigenvalue weighted by molar-refractivity contribution is 6.02. The second-order valence-electron chi connectivity index (χ2n) is 7.77. The maximum atomic E-state index is 14.4. The average molecular weight is 468 g/mol. The lowest BCUT2D eigenvalue weighted by Crippen LogP contribution is -2.18. The summed E-state index contributed by atoms with van der Waals surface area (Å²) in [7, 11) is 0. The summed E-state index contributed by atoms with van der Waals surface area (Å²) >= 11 is 0. The first-order valence-corrected chi connectivity index (χ1v) is 11.1. The minimum absolute atomic E-state index is 0.0650. The molecule has 174 valence electrons. The lowest BCUT2D eigenvalue weighted by atomic mass is 10.1. The number of hydrogen-bond acceptors (Lipinski definition) is 5. The maximum absolute atomic E-state index is 14.4. The number of nitrogens with one attached hydrogen (secondary N) is 3. The van der Waals surface area contributed by atoms with Gasteiger partial charge in [-0.2, -0.15) is 5.10 Å². The highest BCUT2D eigenvalue weighted by atomic mass is 19.1. The molecule has 35 heavy (non-hydrogen) atoms. The van der Waals surface area contributed by atoms with Gasteiger partial charge in [-0.3, -0.25) is 14.9 Å². The molecular weight excluding hydrogens is 445 g/mol. The number of nitrogens with zero attached hydrogens (tertiary/aromatic N) is 4. The Morgan fingerprint density at radius 1 is 1.06 bits per heavy atom. The first-order valence-electron chi connectivity index (χ1n) is 11.1. The molecule has 1 amide bonds. The van der Waals surface area contributed by atoms with Crippen molar-refractivity contribution in [2.45, 2.75) is 13.5 Å². The molecule has 0 unspecified atom stereocenters. The number of imidazole rings is 1. The van der Waals surface area contributed by atoms with E-state index < -0.39 is 11.7 Å². The second kappa shape index (κ2) is 9.60. The molecule has 5 aromatic rings. The van der Waals surface area contributed by atoms with E-state index in [2.05, 4.69) is 30.8 Å². The molecule has 0 radical (unpaired) electrons. The van der Waals surface area contributed by atoms with Crippen molar-refractivity contribution in [1.82, 2.24) is 24.7 Å². The van der Waals surface area contributed by atoms with E-state index in [4.69, 9.17) is 0 Å². The standard InChI is InChI=1S/C26H22FN7O/c1-2-34-14-13-29-25(34)26(35)31-24-16-19(7-10-21(24)27)30-18-6-9-20-22(32-33-23(20)15-18)11-8-17-5-3-4-12-28-17/h3-16,30H,2H2,1H3,(H,31,35)(H,32,33)/b11-8+. The van der Waals surface area contributed by atoms with Crippen LogP contribution in [-0.4, -0.2) is 30.6 Å². The van der Waals surface area contributed by atoms with Crippen molar-refractivity contribution in [2.24, 2.45) is 0 Å². The number of halogens is 1. The summed E-state index contributed by atoms with van der Waals surface area (Å²) in [4.78, 5) is 20.9. The number of carbonyl (C=O) groups excluding carboxylic acids is 1. The first-order chi connectivity index (χ1) is 17.1. The molecule has 0 saturated carbocycles. The van der Waals surface area contributed by atoms with Crippen LogP contribution >= 0.6 is 0 Å². The van der Waals surface area contributed by atoms with E-state index in [0.717, 1.165) is 28.0 Å². The number of aryl methyl sites for hydroxylation is 1. The smallest absolute Gasteiger partial charge is 0.291 e. The normalized spacial score (nSPS) is 11.3. The van der Waals surface area contributed by atoms with Gasteiger partial charge >= 0.3 is 0 Å². The van der Waals surface area contributed by atoms with E-state index >= 15 is 0 Å². The molecule has 0 saturated heterocycles. The Bertz CT molecular complexity index is 1520. The largest absolute Gasteiger partial charge is 0.355 e. The molecule has 0 bridgehead atoms. The lowest BCUT2D eigenvalue weighted by molar-refractivity contribution is 0.101. The van der Waals surface area contributed by atoms with Crippen LogP contribution in [-0.2, 0) is 6.54 Å². The summed E-state index contributed by atoms with van der Waals surface area (Å²) in [5.41, 5.74) is 3.96. The average Bonchev–Trinajstić information content (AvgIpc) is 3.52. The number of carbonyl (C=O) groups is 1. The monoisotopic (exact) mass is 467 g/mol. The fourth-order valence-corrected chi connectivity index (χ4v) is 3.70. The molecular formula is C26H22FN7O. The molecule has 0 aliphatic carbocycles. The van der Waals surface area contributed by atoms with Crippen LogP contribution in [0, 0.1) is 5.82 Å². The Labute approximate surface area is 200 Å². The van der Waals surface area contributed by atoms with Gasteiger partial charge in [0.25, 0.3) is 5.91 Å². The summed E-state index contributed by atoms with van der Waals surface area (Å²) < 4.78 is 16.1. The van der Waals surface area contributed by atoms with Crippen LogP contribution in [0.4, 0.5) is 21.5 Å². The van der Waals surface area contributed by atoms with Gasteiger partial charge in [0.2, 0.25) is 0 Å². The summed E-state index contributed by atoms with van der Waals surface area (Å²) in [6.07, 6.45) is 8.80. The van der Waals surface area contributed by atoms with Crippen molar-refractivity contribution in [3.63, 3.8) is 0 Å². The molecule has 0 aliphatic rings. The first kappa shape index (κ1) is 22.0. The van der Waals surface area contributed by atoms with Crippen molar-refractivity contribution in [3.8, 4) is 0 Å². The van der Waals surface area contributed by atoms with E-state index in [9.17, 15) is 9.18 Å². The fourth-order valence-electron chi connectivity index (χ4n) is 3.70. The molecule has 5 rings (SSSR count). The van der Waals surface area contributed by atoms with Crippen LogP contribution in [0.2, 0.25) is 0 Å². The Morgan fingerprint density at radius 3 is 2.74 bits per heavy atom. The summed E-state index contributed by atoms with van der Waals surface area (Å²) in [6, 6.07) is 16.0. The Hall–Kier alpha value is -4.79. The van der Waals surface area contributed by atoms with Crippen LogP contribution in [0.3, 0.4) is 0 Å². The van der Waals surface area contributed by atoms with Crippen LogP contribution in [0.25, 0.3) is 23.1 Å². The number of benzene rings is 2. The lowest BCUT2D eigenvalue weighted by Gasteiger charge is -2.11. The number of hydrogen-bond donors (Lipinski definition) is 3. The van der Waals surface area contributed by atoms with E-state index in [-0.39, 0.29) is 11.5 Å².